The largest absolute Gasteiger partial charge is 0.443 e. The van der Waals surface area contributed by atoms with Crippen LogP contribution in [0.1, 0.15) is 29.5 Å². The Morgan fingerprint density at radius 2 is 1.53 bits per heavy atom. The molecule has 1 atom stereocenters. The van der Waals surface area contributed by atoms with Crippen LogP contribution in [-0.4, -0.2) is 48.4 Å². The van der Waals surface area contributed by atoms with Gasteiger partial charge in [-0.3, -0.25) is 9.80 Å². The van der Waals surface area contributed by atoms with Crippen molar-refractivity contribution in [2.45, 2.75) is 36.9 Å². The molecule has 2 saturated heterocycles. The van der Waals surface area contributed by atoms with Crippen LogP contribution in [0, 0.1) is 0 Å². The topological polar surface area (TPSA) is 53.0 Å². The lowest BCUT2D eigenvalue weighted by Crippen LogP contribution is -2.45. The van der Waals surface area contributed by atoms with E-state index in [2.05, 4.69) is 0 Å². The number of amides is 1. The van der Waals surface area contributed by atoms with Crippen molar-refractivity contribution in [1.29, 1.82) is 0 Å². The van der Waals surface area contributed by atoms with Gasteiger partial charge in [0.15, 0.2) is 0 Å². The van der Waals surface area contributed by atoms with Gasteiger partial charge in [0.25, 0.3) is 0 Å². The van der Waals surface area contributed by atoms with E-state index < -0.39 is 41.3 Å². The Kier molecular flexibility index (Phi) is 6.28. The fourth-order valence-corrected chi connectivity index (χ4v) is 4.34. The third kappa shape index (κ3) is 5.15. The van der Waals surface area contributed by atoms with Gasteiger partial charge in [-0.15, -0.1) is 0 Å². The summed E-state index contributed by atoms with van der Waals surface area (Å²) < 4.78 is 83.4. The molecule has 0 spiro atoms. The lowest BCUT2D eigenvalue weighted by molar-refractivity contribution is -0.138. The lowest BCUT2D eigenvalue weighted by Gasteiger charge is -2.39. The zero-order valence-electron chi connectivity index (χ0n) is 17.9. The molecule has 0 radical (unpaired) electrons. The van der Waals surface area contributed by atoms with E-state index in [1.54, 1.807) is 0 Å². The van der Waals surface area contributed by atoms with Gasteiger partial charge < -0.3 is 9.84 Å². The molecular formula is C23H22F6N2O3. The highest BCUT2D eigenvalue weighted by Gasteiger charge is 2.40. The average Bonchev–Trinajstić information content (AvgIpc) is 3.14. The number of piperidine rings is 1. The van der Waals surface area contributed by atoms with E-state index >= 15 is 0 Å². The number of halogens is 6. The number of aliphatic hydroxyl groups is 1. The Hall–Kier alpha value is -2.79. The maximum atomic E-state index is 13.0. The van der Waals surface area contributed by atoms with Crippen LogP contribution in [0.5, 0.6) is 0 Å². The predicted octanol–water partition coefficient (Wildman–Crippen LogP) is 5.03. The molecule has 34 heavy (non-hydrogen) atoms. The minimum Gasteiger partial charge on any atom is -0.443 e. The summed E-state index contributed by atoms with van der Waals surface area (Å²) in [4.78, 5) is 15.3. The summed E-state index contributed by atoms with van der Waals surface area (Å²) in [5, 5.41) is 11.0. The number of benzene rings is 2. The van der Waals surface area contributed by atoms with Crippen molar-refractivity contribution in [2.75, 3.05) is 31.1 Å². The van der Waals surface area contributed by atoms with Crippen molar-refractivity contribution in [3.05, 3.63) is 65.2 Å². The molecule has 2 heterocycles. The monoisotopic (exact) mass is 488 g/mol. The molecule has 1 unspecified atom stereocenters. The molecule has 0 saturated carbocycles. The van der Waals surface area contributed by atoms with Gasteiger partial charge in [0.05, 0.1) is 23.3 Å². The first-order valence-corrected chi connectivity index (χ1v) is 10.6. The first kappa shape index (κ1) is 24.3. The van der Waals surface area contributed by atoms with Gasteiger partial charge in [-0.25, -0.2) is 4.79 Å². The Bertz CT molecular complexity index is 1050. The van der Waals surface area contributed by atoms with E-state index in [0.29, 0.717) is 19.6 Å². The molecule has 184 valence electrons. The van der Waals surface area contributed by atoms with Crippen molar-refractivity contribution in [1.82, 2.24) is 4.90 Å². The number of nitrogens with zero attached hydrogens (tertiary/aromatic N) is 2. The van der Waals surface area contributed by atoms with Crippen molar-refractivity contribution in [2.24, 2.45) is 0 Å². The Morgan fingerprint density at radius 3 is 2.15 bits per heavy atom. The predicted molar refractivity (Wildman–Crippen MR) is 110 cm³/mol. The van der Waals surface area contributed by atoms with Crippen LogP contribution in [0.4, 0.5) is 36.8 Å². The summed E-state index contributed by atoms with van der Waals surface area (Å²) >= 11 is 0. The molecular weight excluding hydrogens is 466 g/mol. The zero-order chi connectivity index (χ0) is 24.7. The second-order valence-electron chi connectivity index (χ2n) is 8.58. The molecule has 1 amide bonds. The SMILES string of the molecule is O=C1OC(CN2CCC(O)(c3cccc(C(F)(F)F)c3)CC2)CN1c1cccc(C(F)(F)F)c1. The smallest absolute Gasteiger partial charge is 0.416 e. The fourth-order valence-electron chi connectivity index (χ4n) is 4.34. The molecule has 2 aromatic rings. The Morgan fingerprint density at radius 1 is 0.941 bits per heavy atom. The van der Waals surface area contributed by atoms with Gasteiger partial charge in [-0.1, -0.05) is 18.2 Å². The Labute approximate surface area is 191 Å². The fraction of sp³-hybridized carbons (Fsp3) is 0.435. The van der Waals surface area contributed by atoms with Gasteiger partial charge in [-0.05, 0) is 48.7 Å². The minimum atomic E-state index is -4.54. The Balaban J connectivity index is 1.37. The molecule has 2 aliphatic heterocycles. The second-order valence-corrected chi connectivity index (χ2v) is 8.58. The maximum Gasteiger partial charge on any atom is 0.416 e. The third-order valence-electron chi connectivity index (χ3n) is 6.23. The maximum absolute atomic E-state index is 13.0. The molecule has 11 heteroatoms. The molecule has 2 aliphatic rings. The number of anilines is 1. The molecule has 5 nitrogen and oxygen atoms in total. The minimum absolute atomic E-state index is 0.0640. The van der Waals surface area contributed by atoms with Gasteiger partial charge in [0.2, 0.25) is 0 Å². The highest BCUT2D eigenvalue weighted by molar-refractivity contribution is 5.89. The van der Waals surface area contributed by atoms with E-state index in [1.807, 2.05) is 4.90 Å². The number of carbonyl (C=O) groups excluding carboxylic acids is 1. The summed E-state index contributed by atoms with van der Waals surface area (Å²) in [5.41, 5.74) is -2.82. The molecule has 2 fully saturated rings. The van der Waals surface area contributed by atoms with Crippen LogP contribution in [0.2, 0.25) is 0 Å². The molecule has 2 aromatic carbocycles. The first-order valence-electron chi connectivity index (χ1n) is 10.6. The summed E-state index contributed by atoms with van der Waals surface area (Å²) in [5.74, 6) is 0. The van der Waals surface area contributed by atoms with Gasteiger partial charge in [0.1, 0.15) is 6.10 Å². The third-order valence-corrected chi connectivity index (χ3v) is 6.23. The van der Waals surface area contributed by atoms with E-state index in [4.69, 9.17) is 4.74 Å². The van der Waals surface area contributed by atoms with Gasteiger partial charge in [0, 0.05) is 25.3 Å². The lowest BCUT2D eigenvalue weighted by atomic mass is 9.83. The summed E-state index contributed by atoms with van der Waals surface area (Å²) in [7, 11) is 0. The number of likely N-dealkylation sites (tertiary alicyclic amines) is 1. The second kappa shape index (κ2) is 8.77. The van der Waals surface area contributed by atoms with Crippen LogP contribution in [0.3, 0.4) is 0 Å². The van der Waals surface area contributed by atoms with Crippen LogP contribution in [0.15, 0.2) is 48.5 Å². The van der Waals surface area contributed by atoms with Gasteiger partial charge >= 0.3 is 18.4 Å². The van der Waals surface area contributed by atoms with Crippen molar-refractivity contribution < 1.29 is 41.0 Å². The molecule has 1 N–H and O–H groups in total. The van der Waals surface area contributed by atoms with Crippen LogP contribution >= 0.6 is 0 Å². The summed E-state index contributed by atoms with van der Waals surface area (Å²) in [6.45, 7) is 1.06. The number of carbonyl (C=O) groups is 1. The number of ether oxygens (including phenoxy) is 1. The molecule has 0 aromatic heterocycles. The highest BCUT2D eigenvalue weighted by Crippen LogP contribution is 2.37. The number of rotatable bonds is 4. The summed E-state index contributed by atoms with van der Waals surface area (Å²) in [6, 6.07) is 9.07. The zero-order valence-corrected chi connectivity index (χ0v) is 17.9. The number of alkyl halides is 6. The molecule has 4 rings (SSSR count). The number of hydrogen-bond acceptors (Lipinski definition) is 4. The van der Waals surface area contributed by atoms with E-state index in [1.165, 1.54) is 24.3 Å². The quantitative estimate of drug-likeness (QED) is 0.614. The highest BCUT2D eigenvalue weighted by atomic mass is 19.4. The normalized spacial score (nSPS) is 21.6. The van der Waals surface area contributed by atoms with Crippen LogP contribution < -0.4 is 4.90 Å². The molecule has 0 aliphatic carbocycles. The number of hydrogen-bond donors (Lipinski definition) is 1. The van der Waals surface area contributed by atoms with Crippen molar-refractivity contribution >= 4 is 11.8 Å². The number of cyclic esters (lactones) is 1. The van der Waals surface area contributed by atoms with Crippen LogP contribution in [0.25, 0.3) is 0 Å². The van der Waals surface area contributed by atoms with Gasteiger partial charge in [-0.2, -0.15) is 26.3 Å². The molecule has 0 bridgehead atoms. The van der Waals surface area contributed by atoms with Crippen LogP contribution in [-0.2, 0) is 22.7 Å². The van der Waals surface area contributed by atoms with Crippen molar-refractivity contribution in [3.63, 3.8) is 0 Å². The van der Waals surface area contributed by atoms with E-state index in [9.17, 15) is 36.2 Å². The van der Waals surface area contributed by atoms with E-state index in [-0.39, 0.29) is 30.6 Å². The standard InChI is InChI=1S/C23H22F6N2O3/c24-22(25,26)16-4-1-3-15(11-16)21(33)7-9-30(10-8-21)13-19-14-31(20(32)34-19)18-6-2-5-17(12-18)23(27,28)29/h1-6,11-12,19,33H,7-10,13-14H2. The summed E-state index contributed by atoms with van der Waals surface area (Å²) in [6.07, 6.45) is -10.0. The average molecular weight is 488 g/mol. The van der Waals surface area contributed by atoms with E-state index in [0.717, 1.165) is 29.2 Å². The first-order chi connectivity index (χ1) is 15.8. The van der Waals surface area contributed by atoms with Crippen molar-refractivity contribution in [3.8, 4) is 0 Å².